The number of benzene rings is 1. The fraction of sp³-hybridized carbons (Fsp3) is 0.200. The predicted molar refractivity (Wildman–Crippen MR) is 67.9 cm³/mol. The van der Waals surface area contributed by atoms with Crippen molar-refractivity contribution in [2.24, 2.45) is 0 Å². The van der Waals surface area contributed by atoms with Crippen molar-refractivity contribution in [3.8, 4) is 0 Å². The Morgan fingerprint density at radius 2 is 2.12 bits per heavy atom. The molecule has 1 aromatic carbocycles. The molecule has 2 heterocycles. The lowest BCUT2D eigenvalue weighted by Gasteiger charge is -2.31. The summed E-state index contributed by atoms with van der Waals surface area (Å²) in [5.74, 6) is 0. The van der Waals surface area contributed by atoms with Crippen molar-refractivity contribution < 1.29 is 0 Å². The molecule has 0 N–H and O–H groups in total. The maximum atomic E-state index is 2.33. The molecule has 0 saturated carbocycles. The third-order valence-electron chi connectivity index (χ3n) is 3.32. The van der Waals surface area contributed by atoms with Crippen LogP contribution in [-0.4, -0.2) is 10.9 Å². The number of nitrogens with zero attached hydrogens (tertiary/aromatic N) is 1. The van der Waals surface area contributed by atoms with Gasteiger partial charge < -0.3 is 4.90 Å². The molecule has 0 bridgehead atoms. The zero-order valence-corrected chi connectivity index (χ0v) is 9.64. The Morgan fingerprint density at radius 3 is 3.00 bits per heavy atom. The summed E-state index contributed by atoms with van der Waals surface area (Å²) in [6, 6.07) is 6.92. The molecule has 1 aromatic rings. The van der Waals surface area contributed by atoms with E-state index in [-0.39, 0.29) is 0 Å². The molecule has 0 spiro atoms. The van der Waals surface area contributed by atoms with Gasteiger partial charge in [-0.1, -0.05) is 30.4 Å². The van der Waals surface area contributed by atoms with Crippen LogP contribution < -0.4 is 10.4 Å². The Kier molecular flexibility index (Phi) is 2.00. The Hall–Kier alpha value is -1.76. The zero-order valence-electron chi connectivity index (χ0n) is 9.64. The van der Waals surface area contributed by atoms with Crippen LogP contribution in [0, 0.1) is 6.92 Å². The smallest absolute Gasteiger partial charge is 0.0491 e. The molecule has 1 nitrogen and oxygen atoms in total. The first-order valence-electron chi connectivity index (χ1n) is 5.72. The Morgan fingerprint density at radius 1 is 1.25 bits per heavy atom. The Balaban J connectivity index is 2.31. The van der Waals surface area contributed by atoms with E-state index in [0.29, 0.717) is 6.04 Å². The number of hydrogen-bond acceptors (Lipinski definition) is 1. The second kappa shape index (κ2) is 3.38. The van der Waals surface area contributed by atoms with E-state index in [4.69, 9.17) is 0 Å². The van der Waals surface area contributed by atoms with Gasteiger partial charge in [0.1, 0.15) is 0 Å². The monoisotopic (exact) mass is 209 g/mol. The molecule has 0 radical (unpaired) electrons. The highest BCUT2D eigenvalue weighted by molar-refractivity contribution is 5.57. The fourth-order valence-electron chi connectivity index (χ4n) is 2.35. The second-order valence-corrected chi connectivity index (χ2v) is 4.48. The van der Waals surface area contributed by atoms with Crippen LogP contribution in [0.3, 0.4) is 0 Å². The summed E-state index contributed by atoms with van der Waals surface area (Å²) < 4.78 is 0. The normalized spacial score (nSPS) is 21.5. The van der Waals surface area contributed by atoms with E-state index in [1.54, 1.807) is 0 Å². The van der Waals surface area contributed by atoms with Gasteiger partial charge in [0.2, 0.25) is 0 Å². The Labute approximate surface area is 95.7 Å². The molecule has 0 amide bonds. The van der Waals surface area contributed by atoms with E-state index in [1.807, 2.05) is 0 Å². The molecule has 16 heavy (non-hydrogen) atoms. The summed E-state index contributed by atoms with van der Waals surface area (Å²) in [6.45, 7) is 4.39. The van der Waals surface area contributed by atoms with Gasteiger partial charge in [0.05, 0.1) is 0 Å². The molecule has 1 atom stereocenters. The number of rotatable bonds is 0. The van der Waals surface area contributed by atoms with Gasteiger partial charge in [0.15, 0.2) is 0 Å². The van der Waals surface area contributed by atoms with Crippen LogP contribution in [0.2, 0.25) is 0 Å². The van der Waals surface area contributed by atoms with Crippen molar-refractivity contribution in [2.75, 3.05) is 0 Å². The minimum atomic E-state index is 0.448. The van der Waals surface area contributed by atoms with Crippen LogP contribution in [0.4, 0.5) is 0 Å². The van der Waals surface area contributed by atoms with Gasteiger partial charge in [0, 0.05) is 23.2 Å². The summed E-state index contributed by atoms with van der Waals surface area (Å²) in [7, 11) is 0. The largest absolute Gasteiger partial charge is 0.341 e. The SMILES string of the molecule is Cc1cccc2c1=CN1C(=CC=CC1C)C=2. The molecular weight excluding hydrogens is 194 g/mol. The van der Waals surface area contributed by atoms with Crippen LogP contribution >= 0.6 is 0 Å². The van der Waals surface area contributed by atoms with Crippen molar-refractivity contribution in [3.63, 3.8) is 0 Å². The van der Waals surface area contributed by atoms with E-state index >= 15 is 0 Å². The molecule has 1 unspecified atom stereocenters. The lowest BCUT2D eigenvalue weighted by atomic mass is 10.0. The molecule has 80 valence electrons. The first-order chi connectivity index (χ1) is 7.75. The molecular formula is C15H15N. The Bertz CT molecular complexity index is 605. The third kappa shape index (κ3) is 1.32. The minimum absolute atomic E-state index is 0.448. The lowest BCUT2D eigenvalue weighted by Crippen LogP contribution is -2.39. The summed E-state index contributed by atoms with van der Waals surface area (Å²) in [4.78, 5) is 2.33. The molecule has 0 aliphatic carbocycles. The quantitative estimate of drug-likeness (QED) is 0.628. The average Bonchev–Trinajstić information content (AvgIpc) is 2.28. The van der Waals surface area contributed by atoms with Gasteiger partial charge >= 0.3 is 0 Å². The second-order valence-electron chi connectivity index (χ2n) is 4.48. The van der Waals surface area contributed by atoms with Crippen LogP contribution in [-0.2, 0) is 0 Å². The highest BCUT2D eigenvalue weighted by Gasteiger charge is 2.16. The van der Waals surface area contributed by atoms with Crippen LogP contribution in [0.25, 0.3) is 12.3 Å². The van der Waals surface area contributed by atoms with Gasteiger partial charge in [-0.2, -0.15) is 0 Å². The maximum Gasteiger partial charge on any atom is 0.0491 e. The molecule has 0 fully saturated rings. The summed E-state index contributed by atoms with van der Waals surface area (Å²) >= 11 is 0. The van der Waals surface area contributed by atoms with Gasteiger partial charge in [-0.3, -0.25) is 0 Å². The van der Waals surface area contributed by atoms with Crippen molar-refractivity contribution in [1.29, 1.82) is 0 Å². The number of aryl methyl sites for hydroxylation is 1. The summed E-state index contributed by atoms with van der Waals surface area (Å²) in [6.07, 6.45) is 11.1. The van der Waals surface area contributed by atoms with E-state index in [9.17, 15) is 0 Å². The van der Waals surface area contributed by atoms with Crippen molar-refractivity contribution >= 4 is 12.3 Å². The highest BCUT2D eigenvalue weighted by Crippen LogP contribution is 2.18. The lowest BCUT2D eigenvalue weighted by molar-refractivity contribution is 0.462. The molecule has 1 heteroatoms. The van der Waals surface area contributed by atoms with E-state index < -0.39 is 0 Å². The predicted octanol–water partition coefficient (Wildman–Crippen LogP) is 1.67. The molecule has 2 aliphatic rings. The van der Waals surface area contributed by atoms with Crippen LogP contribution in [0.1, 0.15) is 12.5 Å². The molecule has 0 saturated heterocycles. The van der Waals surface area contributed by atoms with Gasteiger partial charge in [-0.05, 0) is 36.8 Å². The fourth-order valence-corrected chi connectivity index (χ4v) is 2.35. The topological polar surface area (TPSA) is 3.24 Å². The van der Waals surface area contributed by atoms with Crippen LogP contribution in [0.5, 0.6) is 0 Å². The van der Waals surface area contributed by atoms with E-state index in [1.165, 1.54) is 21.7 Å². The van der Waals surface area contributed by atoms with E-state index in [2.05, 4.69) is 67.5 Å². The third-order valence-corrected chi connectivity index (χ3v) is 3.32. The number of fused-ring (bicyclic) bond motifs is 2. The van der Waals surface area contributed by atoms with Gasteiger partial charge in [-0.15, -0.1) is 0 Å². The first kappa shape index (κ1) is 9.46. The zero-order chi connectivity index (χ0) is 11.1. The van der Waals surface area contributed by atoms with Crippen molar-refractivity contribution in [3.05, 3.63) is 58.1 Å². The summed E-state index contributed by atoms with van der Waals surface area (Å²) in [5, 5.41) is 2.67. The van der Waals surface area contributed by atoms with Gasteiger partial charge in [0.25, 0.3) is 0 Å². The van der Waals surface area contributed by atoms with Crippen molar-refractivity contribution in [1.82, 2.24) is 4.90 Å². The molecule has 3 rings (SSSR count). The molecule has 2 aliphatic heterocycles. The highest BCUT2D eigenvalue weighted by atomic mass is 15.1. The summed E-state index contributed by atoms with van der Waals surface area (Å²) in [5.41, 5.74) is 2.63. The maximum absolute atomic E-state index is 2.33. The standard InChI is InChI=1S/C15H15N/c1-11-5-3-7-13-9-14-8-4-6-12(2)16(14)10-15(11)13/h3-10,12H,1-2H3. The number of allylic oxidation sites excluding steroid dienone is 3. The minimum Gasteiger partial charge on any atom is -0.341 e. The average molecular weight is 209 g/mol. The van der Waals surface area contributed by atoms with Crippen LogP contribution in [0.15, 0.2) is 42.1 Å². The van der Waals surface area contributed by atoms with Gasteiger partial charge in [-0.25, -0.2) is 0 Å². The van der Waals surface area contributed by atoms with E-state index in [0.717, 1.165) is 0 Å². The van der Waals surface area contributed by atoms with Crippen molar-refractivity contribution in [2.45, 2.75) is 19.9 Å². The molecule has 0 aromatic heterocycles. The number of hydrogen-bond donors (Lipinski definition) is 0. The first-order valence-corrected chi connectivity index (χ1v) is 5.72.